The van der Waals surface area contributed by atoms with Gasteiger partial charge in [-0.25, -0.2) is 4.98 Å². The van der Waals surface area contributed by atoms with E-state index in [9.17, 15) is 0 Å². The molecule has 0 bridgehead atoms. The molecule has 0 aliphatic heterocycles. The van der Waals surface area contributed by atoms with Crippen LogP contribution >= 0.6 is 11.6 Å². The van der Waals surface area contributed by atoms with E-state index in [2.05, 4.69) is 4.98 Å². The lowest BCUT2D eigenvalue weighted by Gasteiger charge is -2.23. The van der Waals surface area contributed by atoms with Crippen molar-refractivity contribution in [1.29, 1.82) is 0 Å². The van der Waals surface area contributed by atoms with E-state index in [1.165, 1.54) is 0 Å². The Morgan fingerprint density at radius 1 is 1.29 bits per heavy atom. The van der Waals surface area contributed by atoms with Crippen molar-refractivity contribution in [3.8, 4) is 0 Å². The minimum Gasteiger partial charge on any atom is -0.326 e. The lowest BCUT2D eigenvalue weighted by Crippen LogP contribution is -2.38. The van der Waals surface area contributed by atoms with Crippen LogP contribution in [0.2, 0.25) is 5.15 Å². The molecule has 2 atom stereocenters. The zero-order valence-corrected chi connectivity index (χ0v) is 9.20. The minimum absolute atomic E-state index is 0.0574. The monoisotopic (exact) mass is 213 g/mol. The Morgan fingerprint density at radius 3 is 2.36 bits per heavy atom. The average molecular weight is 214 g/mol. The maximum Gasteiger partial charge on any atom is 0.129 e. The highest BCUT2D eigenvalue weighted by molar-refractivity contribution is 6.29. The summed E-state index contributed by atoms with van der Waals surface area (Å²) in [5, 5.41) is 0.471. The van der Waals surface area contributed by atoms with Crippen molar-refractivity contribution in [2.75, 3.05) is 0 Å². The Balaban J connectivity index is 2.78. The number of pyridine rings is 1. The van der Waals surface area contributed by atoms with E-state index in [0.717, 1.165) is 5.56 Å². The molecular formula is C10H16ClN3. The molecule has 1 aromatic heterocycles. The van der Waals surface area contributed by atoms with Crippen LogP contribution in [0, 0.1) is 5.92 Å². The van der Waals surface area contributed by atoms with E-state index in [0.29, 0.717) is 11.1 Å². The van der Waals surface area contributed by atoms with Crippen LogP contribution in [0.4, 0.5) is 0 Å². The summed E-state index contributed by atoms with van der Waals surface area (Å²) in [6, 6.07) is 3.35. The maximum atomic E-state index is 5.98. The molecule has 0 aromatic carbocycles. The molecule has 0 radical (unpaired) electrons. The topological polar surface area (TPSA) is 64.9 Å². The summed E-state index contributed by atoms with van der Waals surface area (Å²) in [6.07, 6.45) is 1.68. The molecule has 0 amide bonds. The number of hydrogen-bond donors (Lipinski definition) is 2. The minimum atomic E-state index is -0.181. The number of hydrogen-bond acceptors (Lipinski definition) is 3. The van der Waals surface area contributed by atoms with Gasteiger partial charge in [0, 0.05) is 18.3 Å². The van der Waals surface area contributed by atoms with Crippen molar-refractivity contribution >= 4 is 11.6 Å². The van der Waals surface area contributed by atoms with E-state index in [1.54, 1.807) is 12.3 Å². The van der Waals surface area contributed by atoms with E-state index in [4.69, 9.17) is 23.1 Å². The number of nitrogens with zero attached hydrogens (tertiary/aromatic N) is 1. The van der Waals surface area contributed by atoms with Crippen LogP contribution in [0.5, 0.6) is 0 Å². The Hall–Kier alpha value is -0.640. The smallest absolute Gasteiger partial charge is 0.129 e. The van der Waals surface area contributed by atoms with Gasteiger partial charge in [-0.2, -0.15) is 0 Å². The molecule has 0 aliphatic rings. The van der Waals surface area contributed by atoms with Gasteiger partial charge in [0.1, 0.15) is 5.15 Å². The molecule has 3 nitrogen and oxygen atoms in total. The molecule has 0 spiro atoms. The van der Waals surface area contributed by atoms with E-state index < -0.39 is 0 Å². The lowest BCUT2D eigenvalue weighted by atomic mass is 9.94. The number of halogens is 1. The van der Waals surface area contributed by atoms with Gasteiger partial charge in [-0.3, -0.25) is 0 Å². The first-order valence-corrected chi connectivity index (χ1v) is 5.02. The van der Waals surface area contributed by atoms with Crippen LogP contribution in [-0.4, -0.2) is 11.0 Å². The van der Waals surface area contributed by atoms with Crippen molar-refractivity contribution in [1.82, 2.24) is 4.98 Å². The van der Waals surface area contributed by atoms with Gasteiger partial charge >= 0.3 is 0 Å². The predicted molar refractivity (Wildman–Crippen MR) is 59.0 cm³/mol. The molecule has 78 valence electrons. The van der Waals surface area contributed by atoms with Gasteiger partial charge in [0.2, 0.25) is 0 Å². The third-order valence-corrected chi connectivity index (χ3v) is 2.54. The molecule has 0 saturated carbocycles. The molecule has 1 rings (SSSR count). The molecule has 0 fully saturated rings. The molecule has 4 N–H and O–H groups in total. The highest BCUT2D eigenvalue weighted by Gasteiger charge is 2.18. The number of nitrogens with two attached hydrogens (primary N) is 2. The van der Waals surface area contributed by atoms with Crippen LogP contribution in [0.15, 0.2) is 18.3 Å². The second-order valence-corrected chi connectivity index (χ2v) is 4.15. The molecule has 0 saturated heterocycles. The van der Waals surface area contributed by atoms with Gasteiger partial charge in [-0.1, -0.05) is 31.5 Å². The summed E-state index contributed by atoms with van der Waals surface area (Å²) < 4.78 is 0. The summed E-state index contributed by atoms with van der Waals surface area (Å²) in [6.45, 7) is 4.10. The number of aromatic nitrogens is 1. The Kier molecular flexibility index (Phi) is 3.86. The largest absolute Gasteiger partial charge is 0.326 e. The summed E-state index contributed by atoms with van der Waals surface area (Å²) in [5.74, 6) is 0.348. The van der Waals surface area contributed by atoms with E-state index in [-0.39, 0.29) is 12.1 Å². The third kappa shape index (κ3) is 2.67. The fourth-order valence-electron chi connectivity index (χ4n) is 1.22. The fourth-order valence-corrected chi connectivity index (χ4v) is 1.33. The standard InChI is InChI=1S/C10H16ClN3/c1-6(2)9(12)10(13)7-3-4-8(11)14-5-7/h3-6,9-10H,12-13H2,1-2H3/t9-,10-/m0/s1. The van der Waals surface area contributed by atoms with Crippen molar-refractivity contribution in [3.05, 3.63) is 29.0 Å². The lowest BCUT2D eigenvalue weighted by molar-refractivity contribution is 0.423. The molecular weight excluding hydrogens is 198 g/mol. The van der Waals surface area contributed by atoms with E-state index >= 15 is 0 Å². The van der Waals surface area contributed by atoms with Gasteiger partial charge in [-0.05, 0) is 17.5 Å². The highest BCUT2D eigenvalue weighted by atomic mass is 35.5. The van der Waals surface area contributed by atoms with Crippen LogP contribution in [0.25, 0.3) is 0 Å². The molecule has 0 unspecified atom stereocenters. The van der Waals surface area contributed by atoms with Crippen LogP contribution in [-0.2, 0) is 0 Å². The van der Waals surface area contributed by atoms with Crippen molar-refractivity contribution < 1.29 is 0 Å². The normalized spacial score (nSPS) is 15.6. The van der Waals surface area contributed by atoms with Crippen LogP contribution in [0.1, 0.15) is 25.5 Å². The Labute approximate surface area is 89.5 Å². The number of rotatable bonds is 3. The maximum absolute atomic E-state index is 5.98. The summed E-state index contributed by atoms with van der Waals surface area (Å²) >= 11 is 5.68. The second-order valence-electron chi connectivity index (χ2n) is 3.76. The van der Waals surface area contributed by atoms with Gasteiger partial charge in [0.15, 0.2) is 0 Å². The summed E-state index contributed by atoms with van der Waals surface area (Å²) in [4.78, 5) is 3.97. The van der Waals surface area contributed by atoms with Crippen LogP contribution < -0.4 is 11.5 Å². The van der Waals surface area contributed by atoms with Crippen molar-refractivity contribution in [2.24, 2.45) is 17.4 Å². The molecule has 1 heterocycles. The zero-order chi connectivity index (χ0) is 10.7. The summed E-state index contributed by atoms with van der Waals surface area (Å²) in [7, 11) is 0. The van der Waals surface area contributed by atoms with E-state index in [1.807, 2.05) is 19.9 Å². The first-order valence-electron chi connectivity index (χ1n) is 4.65. The van der Waals surface area contributed by atoms with Gasteiger partial charge in [-0.15, -0.1) is 0 Å². The molecule has 1 aromatic rings. The molecule has 4 heteroatoms. The summed E-state index contributed by atoms with van der Waals surface area (Å²) in [5.41, 5.74) is 12.9. The highest BCUT2D eigenvalue weighted by Crippen LogP contribution is 2.18. The second kappa shape index (κ2) is 4.73. The third-order valence-electron chi connectivity index (χ3n) is 2.32. The average Bonchev–Trinajstić information content (AvgIpc) is 2.16. The first kappa shape index (κ1) is 11.4. The van der Waals surface area contributed by atoms with Crippen molar-refractivity contribution in [3.63, 3.8) is 0 Å². The fraction of sp³-hybridized carbons (Fsp3) is 0.500. The van der Waals surface area contributed by atoms with Gasteiger partial charge in [0.05, 0.1) is 0 Å². The molecule has 0 aliphatic carbocycles. The quantitative estimate of drug-likeness (QED) is 0.752. The zero-order valence-electron chi connectivity index (χ0n) is 8.44. The van der Waals surface area contributed by atoms with Crippen LogP contribution in [0.3, 0.4) is 0 Å². The molecule has 14 heavy (non-hydrogen) atoms. The Morgan fingerprint density at radius 2 is 1.93 bits per heavy atom. The Bertz CT molecular complexity index is 284. The van der Waals surface area contributed by atoms with Gasteiger partial charge < -0.3 is 11.5 Å². The van der Waals surface area contributed by atoms with Gasteiger partial charge in [0.25, 0.3) is 0 Å². The predicted octanol–water partition coefficient (Wildman–Crippen LogP) is 1.72. The van der Waals surface area contributed by atoms with Crippen molar-refractivity contribution in [2.45, 2.75) is 25.9 Å². The first-order chi connectivity index (χ1) is 6.52. The SMILES string of the molecule is CC(C)[C@H](N)[C@@H](N)c1ccc(Cl)nc1.